The van der Waals surface area contributed by atoms with Crippen molar-refractivity contribution in [3.8, 4) is 6.07 Å². The van der Waals surface area contributed by atoms with E-state index >= 15 is 0 Å². The fourth-order valence-electron chi connectivity index (χ4n) is 1.93. The third-order valence-corrected chi connectivity index (χ3v) is 5.61. The zero-order valence-electron chi connectivity index (χ0n) is 12.0. The van der Waals surface area contributed by atoms with Crippen LogP contribution < -0.4 is 4.72 Å². The van der Waals surface area contributed by atoms with Crippen molar-refractivity contribution >= 4 is 21.4 Å². The number of rotatable bonds is 5. The highest BCUT2D eigenvalue weighted by atomic mass is 32.2. The fraction of sp³-hybridized carbons (Fsp3) is 0.286. The molecule has 2 rings (SSSR count). The van der Waals surface area contributed by atoms with Gasteiger partial charge in [-0.3, -0.25) is 0 Å². The molecule has 0 unspecified atom stereocenters. The fourth-order valence-corrected chi connectivity index (χ4v) is 4.38. The lowest BCUT2D eigenvalue weighted by Crippen LogP contribution is -2.29. The molecule has 1 atom stereocenters. The van der Waals surface area contributed by atoms with Gasteiger partial charge in [-0.05, 0) is 25.5 Å². The minimum atomic E-state index is -4.02. The second kappa shape index (κ2) is 6.52. The van der Waals surface area contributed by atoms with E-state index in [9.17, 15) is 12.8 Å². The Balaban J connectivity index is 2.39. The highest BCUT2D eigenvalue weighted by molar-refractivity contribution is 7.89. The molecule has 0 aliphatic heterocycles. The minimum Gasteiger partial charge on any atom is -0.245 e. The van der Waals surface area contributed by atoms with Crippen LogP contribution in [0.5, 0.6) is 0 Å². The molecule has 0 spiro atoms. The monoisotopic (exact) mass is 339 g/mol. The number of benzene rings is 1. The molecule has 1 aromatic carbocycles. The van der Waals surface area contributed by atoms with Crippen LogP contribution in [0.2, 0.25) is 0 Å². The van der Waals surface area contributed by atoms with Crippen LogP contribution in [0.25, 0.3) is 0 Å². The number of aromatic nitrogens is 1. The predicted molar refractivity (Wildman–Crippen MR) is 81.3 cm³/mol. The number of hydrogen-bond donors (Lipinski definition) is 1. The van der Waals surface area contributed by atoms with Crippen molar-refractivity contribution < 1.29 is 12.8 Å². The number of hydrogen-bond acceptors (Lipinski definition) is 5. The molecule has 0 aliphatic carbocycles. The van der Waals surface area contributed by atoms with E-state index in [0.717, 1.165) is 11.8 Å². The largest absolute Gasteiger partial charge is 0.245 e. The van der Waals surface area contributed by atoms with Gasteiger partial charge in [0.25, 0.3) is 0 Å². The Morgan fingerprint density at radius 1 is 1.50 bits per heavy atom. The third-order valence-electron chi connectivity index (χ3n) is 3.02. The molecule has 116 valence electrons. The standard InChI is InChI=1S/C14H14FN3O2S2/c1-3-12(14-17-9(2)8-21-14)18-22(19,20)13-6-4-5-11(15)10(13)7-16/h4-6,8,12,18H,3H2,1-2H3/t12-/m0/s1. The Hall–Kier alpha value is -1.82. The van der Waals surface area contributed by atoms with E-state index in [2.05, 4.69) is 9.71 Å². The summed E-state index contributed by atoms with van der Waals surface area (Å²) in [6.45, 7) is 3.64. The number of nitrogens with zero attached hydrogens (tertiary/aromatic N) is 2. The predicted octanol–water partition coefficient (Wildman–Crippen LogP) is 2.89. The van der Waals surface area contributed by atoms with E-state index < -0.39 is 27.4 Å². The quantitative estimate of drug-likeness (QED) is 0.908. The third kappa shape index (κ3) is 3.32. The van der Waals surface area contributed by atoms with Gasteiger partial charge in [0.05, 0.1) is 6.04 Å². The first kappa shape index (κ1) is 16.5. The molecule has 2 aromatic rings. The molecule has 1 heterocycles. The van der Waals surface area contributed by atoms with Crippen LogP contribution in [0.3, 0.4) is 0 Å². The lowest BCUT2D eigenvalue weighted by molar-refractivity contribution is 0.546. The molecule has 5 nitrogen and oxygen atoms in total. The van der Waals surface area contributed by atoms with Crippen LogP contribution in [0.4, 0.5) is 4.39 Å². The smallest absolute Gasteiger partial charge is 0.242 e. The first-order chi connectivity index (χ1) is 10.4. The number of aryl methyl sites for hydroxylation is 1. The van der Waals surface area contributed by atoms with E-state index in [4.69, 9.17) is 5.26 Å². The molecule has 1 N–H and O–H groups in total. The molecule has 0 saturated carbocycles. The maximum atomic E-state index is 13.6. The van der Waals surface area contributed by atoms with Crippen LogP contribution in [0.1, 0.15) is 35.7 Å². The highest BCUT2D eigenvalue weighted by Crippen LogP contribution is 2.25. The van der Waals surface area contributed by atoms with Crippen molar-refractivity contribution in [2.45, 2.75) is 31.2 Å². The summed E-state index contributed by atoms with van der Waals surface area (Å²) in [5.41, 5.74) is 0.321. The van der Waals surface area contributed by atoms with E-state index in [1.807, 2.05) is 19.2 Å². The topological polar surface area (TPSA) is 82.9 Å². The van der Waals surface area contributed by atoms with Crippen LogP contribution in [0.15, 0.2) is 28.5 Å². The second-order valence-corrected chi connectivity index (χ2v) is 7.21. The van der Waals surface area contributed by atoms with Gasteiger partial charge in [0.15, 0.2) is 0 Å². The first-order valence-electron chi connectivity index (χ1n) is 6.52. The minimum absolute atomic E-state index is 0.360. The van der Waals surface area contributed by atoms with Crippen molar-refractivity contribution in [1.29, 1.82) is 5.26 Å². The normalized spacial score (nSPS) is 12.8. The number of sulfonamides is 1. The average molecular weight is 339 g/mol. The molecule has 0 saturated heterocycles. The first-order valence-corrected chi connectivity index (χ1v) is 8.88. The Morgan fingerprint density at radius 2 is 2.23 bits per heavy atom. The van der Waals surface area contributed by atoms with E-state index in [0.29, 0.717) is 11.4 Å². The summed E-state index contributed by atoms with van der Waals surface area (Å²) in [6, 6.07) is 4.61. The summed E-state index contributed by atoms with van der Waals surface area (Å²) in [4.78, 5) is 3.91. The van der Waals surface area contributed by atoms with Crippen molar-refractivity contribution in [3.05, 3.63) is 45.7 Å². The molecule has 0 bridgehead atoms. The molecule has 22 heavy (non-hydrogen) atoms. The SMILES string of the molecule is CC[C@H](NS(=O)(=O)c1cccc(F)c1C#N)c1nc(C)cs1. The molecule has 0 radical (unpaired) electrons. The number of thiazole rings is 1. The summed E-state index contributed by atoms with van der Waals surface area (Å²) >= 11 is 1.35. The Kier molecular flexibility index (Phi) is 4.90. The molecule has 1 aromatic heterocycles. The van der Waals surface area contributed by atoms with Gasteiger partial charge < -0.3 is 0 Å². The Bertz CT molecular complexity index is 825. The van der Waals surface area contributed by atoms with Crippen LogP contribution in [-0.4, -0.2) is 13.4 Å². The van der Waals surface area contributed by atoms with Gasteiger partial charge in [-0.25, -0.2) is 22.5 Å². The van der Waals surface area contributed by atoms with E-state index in [-0.39, 0.29) is 4.90 Å². The summed E-state index contributed by atoms with van der Waals surface area (Å²) in [7, 11) is -4.02. The van der Waals surface area contributed by atoms with Gasteiger partial charge >= 0.3 is 0 Å². The summed E-state index contributed by atoms with van der Waals surface area (Å²) in [5, 5.41) is 11.4. The molecule has 0 amide bonds. The second-order valence-electron chi connectivity index (χ2n) is 4.63. The maximum Gasteiger partial charge on any atom is 0.242 e. The number of halogens is 1. The average Bonchev–Trinajstić information content (AvgIpc) is 2.91. The zero-order chi connectivity index (χ0) is 16.3. The number of nitriles is 1. The lowest BCUT2D eigenvalue weighted by atomic mass is 10.2. The van der Waals surface area contributed by atoms with Crippen molar-refractivity contribution in [2.75, 3.05) is 0 Å². The number of nitrogens with one attached hydrogen (secondary N) is 1. The van der Waals surface area contributed by atoms with E-state index in [1.165, 1.54) is 23.5 Å². The Labute approximate surface area is 132 Å². The highest BCUT2D eigenvalue weighted by Gasteiger charge is 2.26. The summed E-state index contributed by atoms with van der Waals surface area (Å²) in [5.74, 6) is -0.858. The summed E-state index contributed by atoms with van der Waals surface area (Å²) in [6.07, 6.45) is 0.489. The van der Waals surface area contributed by atoms with Crippen LogP contribution in [-0.2, 0) is 10.0 Å². The van der Waals surface area contributed by atoms with Gasteiger partial charge in [-0.1, -0.05) is 13.0 Å². The summed E-state index contributed by atoms with van der Waals surface area (Å²) < 4.78 is 41.0. The lowest BCUT2D eigenvalue weighted by Gasteiger charge is -2.15. The molecule has 0 fully saturated rings. The Morgan fingerprint density at radius 3 is 2.77 bits per heavy atom. The zero-order valence-corrected chi connectivity index (χ0v) is 13.6. The van der Waals surface area contributed by atoms with E-state index in [1.54, 1.807) is 6.07 Å². The van der Waals surface area contributed by atoms with Crippen molar-refractivity contribution in [3.63, 3.8) is 0 Å². The van der Waals surface area contributed by atoms with Crippen molar-refractivity contribution in [2.24, 2.45) is 0 Å². The van der Waals surface area contributed by atoms with Gasteiger partial charge in [-0.15, -0.1) is 11.3 Å². The van der Waals surface area contributed by atoms with Crippen LogP contribution in [0, 0.1) is 24.1 Å². The van der Waals surface area contributed by atoms with Crippen molar-refractivity contribution in [1.82, 2.24) is 9.71 Å². The molecular weight excluding hydrogens is 325 g/mol. The molecular formula is C14H14FN3O2S2. The van der Waals surface area contributed by atoms with Crippen LogP contribution >= 0.6 is 11.3 Å². The van der Waals surface area contributed by atoms with Gasteiger partial charge in [0.2, 0.25) is 10.0 Å². The maximum absolute atomic E-state index is 13.6. The molecule has 0 aliphatic rings. The van der Waals surface area contributed by atoms with Gasteiger partial charge in [-0.2, -0.15) is 5.26 Å². The molecule has 8 heteroatoms. The van der Waals surface area contributed by atoms with Gasteiger partial charge in [0.1, 0.15) is 27.4 Å². The van der Waals surface area contributed by atoms with Gasteiger partial charge in [0, 0.05) is 11.1 Å².